The van der Waals surface area contributed by atoms with Gasteiger partial charge in [0.2, 0.25) is 29.5 Å². The SMILES string of the molecule is CCC(=O)NCC(=O)NCC(=O)NCC(=O)NC(C)C(=O)N1CCCC1. The maximum Gasteiger partial charge on any atom is 0.244 e. The van der Waals surface area contributed by atoms with E-state index in [2.05, 4.69) is 21.3 Å². The molecule has 0 aromatic carbocycles. The Labute approximate surface area is 152 Å². The number of carbonyl (C=O) groups excluding carboxylic acids is 5. The molecule has 0 aliphatic carbocycles. The minimum absolute atomic E-state index is 0.136. The van der Waals surface area contributed by atoms with Crippen molar-refractivity contribution in [3.8, 4) is 0 Å². The molecule has 10 nitrogen and oxygen atoms in total. The summed E-state index contributed by atoms with van der Waals surface area (Å²) in [6.45, 7) is 3.85. The van der Waals surface area contributed by atoms with Gasteiger partial charge in [-0.05, 0) is 19.8 Å². The van der Waals surface area contributed by atoms with E-state index in [0.29, 0.717) is 13.1 Å². The van der Waals surface area contributed by atoms with Gasteiger partial charge in [-0.1, -0.05) is 6.92 Å². The molecule has 1 heterocycles. The topological polar surface area (TPSA) is 137 Å². The third kappa shape index (κ3) is 7.95. The van der Waals surface area contributed by atoms with E-state index in [9.17, 15) is 24.0 Å². The summed E-state index contributed by atoms with van der Waals surface area (Å²) in [6, 6.07) is -0.653. The molecule has 1 atom stereocenters. The standard InChI is InChI=1S/C16H27N5O5/c1-3-12(22)17-8-13(23)18-9-14(24)19-10-15(25)20-11(2)16(26)21-6-4-5-7-21/h11H,3-10H2,1-2H3,(H,17,22)(H,18,23)(H,19,24)(H,20,25). The summed E-state index contributed by atoms with van der Waals surface area (Å²) in [6.07, 6.45) is 2.20. The minimum Gasteiger partial charge on any atom is -0.347 e. The van der Waals surface area contributed by atoms with E-state index in [1.807, 2.05) is 0 Å². The van der Waals surface area contributed by atoms with E-state index >= 15 is 0 Å². The fourth-order valence-corrected chi connectivity index (χ4v) is 2.35. The van der Waals surface area contributed by atoms with Crippen LogP contribution in [0.15, 0.2) is 0 Å². The van der Waals surface area contributed by atoms with E-state index in [-0.39, 0.29) is 37.9 Å². The normalized spacial score (nSPS) is 14.3. The summed E-state index contributed by atoms with van der Waals surface area (Å²) >= 11 is 0. The average molecular weight is 369 g/mol. The summed E-state index contributed by atoms with van der Waals surface area (Å²) < 4.78 is 0. The zero-order valence-electron chi connectivity index (χ0n) is 15.2. The maximum atomic E-state index is 12.1. The fourth-order valence-electron chi connectivity index (χ4n) is 2.35. The highest BCUT2D eigenvalue weighted by Gasteiger charge is 2.24. The van der Waals surface area contributed by atoms with Gasteiger partial charge in [0.1, 0.15) is 6.04 Å². The lowest BCUT2D eigenvalue weighted by Crippen LogP contribution is -2.49. The van der Waals surface area contributed by atoms with Crippen LogP contribution in [0.3, 0.4) is 0 Å². The Kier molecular flexibility index (Phi) is 9.10. The van der Waals surface area contributed by atoms with Crippen LogP contribution in [0.4, 0.5) is 0 Å². The second-order valence-corrected chi connectivity index (χ2v) is 6.01. The van der Waals surface area contributed by atoms with Crippen LogP contribution in [0, 0.1) is 0 Å². The summed E-state index contributed by atoms with van der Waals surface area (Å²) in [5.41, 5.74) is 0. The molecule has 0 saturated carbocycles. The van der Waals surface area contributed by atoms with Gasteiger partial charge in [-0.3, -0.25) is 24.0 Å². The van der Waals surface area contributed by atoms with Crippen molar-refractivity contribution in [1.82, 2.24) is 26.2 Å². The third-order valence-corrected chi connectivity index (χ3v) is 3.83. The number of hydrogen-bond acceptors (Lipinski definition) is 5. The summed E-state index contributed by atoms with van der Waals surface area (Å²) in [5, 5.41) is 9.59. The molecular weight excluding hydrogens is 342 g/mol. The average Bonchev–Trinajstić information content (AvgIpc) is 3.16. The number of likely N-dealkylation sites (tertiary alicyclic amines) is 1. The number of nitrogens with one attached hydrogen (secondary N) is 4. The molecular formula is C16H27N5O5. The highest BCUT2D eigenvalue weighted by molar-refractivity contribution is 5.91. The molecule has 5 amide bonds. The van der Waals surface area contributed by atoms with Gasteiger partial charge < -0.3 is 26.2 Å². The van der Waals surface area contributed by atoms with Gasteiger partial charge in [-0.25, -0.2) is 0 Å². The molecule has 146 valence electrons. The summed E-state index contributed by atoms with van der Waals surface area (Å²) in [7, 11) is 0. The first-order chi connectivity index (χ1) is 12.3. The second-order valence-electron chi connectivity index (χ2n) is 6.01. The van der Waals surface area contributed by atoms with E-state index in [0.717, 1.165) is 12.8 Å². The Morgan fingerprint density at radius 3 is 1.77 bits per heavy atom. The van der Waals surface area contributed by atoms with Crippen LogP contribution in [0.25, 0.3) is 0 Å². The largest absolute Gasteiger partial charge is 0.347 e. The van der Waals surface area contributed by atoms with Gasteiger partial charge in [-0.2, -0.15) is 0 Å². The number of amides is 5. The monoisotopic (exact) mass is 369 g/mol. The summed E-state index contributed by atoms with van der Waals surface area (Å²) in [5.74, 6) is -1.94. The smallest absolute Gasteiger partial charge is 0.244 e. The number of carbonyl (C=O) groups is 5. The Morgan fingerprint density at radius 2 is 1.27 bits per heavy atom. The minimum atomic E-state index is -0.653. The molecule has 1 fully saturated rings. The molecule has 1 saturated heterocycles. The molecule has 0 radical (unpaired) electrons. The van der Waals surface area contributed by atoms with Crippen molar-refractivity contribution in [3.05, 3.63) is 0 Å². The third-order valence-electron chi connectivity index (χ3n) is 3.83. The van der Waals surface area contributed by atoms with Crippen LogP contribution < -0.4 is 21.3 Å². The van der Waals surface area contributed by atoms with E-state index in [1.54, 1.807) is 18.7 Å². The predicted octanol–water partition coefficient (Wildman–Crippen LogP) is -2.13. The molecule has 0 aromatic rings. The molecule has 26 heavy (non-hydrogen) atoms. The van der Waals surface area contributed by atoms with Crippen LogP contribution in [0.5, 0.6) is 0 Å². The van der Waals surface area contributed by atoms with Crippen LogP contribution in [0.1, 0.15) is 33.1 Å². The molecule has 4 N–H and O–H groups in total. The molecule has 0 spiro atoms. The first-order valence-electron chi connectivity index (χ1n) is 8.71. The van der Waals surface area contributed by atoms with Crippen molar-refractivity contribution in [3.63, 3.8) is 0 Å². The molecule has 0 bridgehead atoms. The molecule has 0 aromatic heterocycles. The molecule has 1 unspecified atom stereocenters. The highest BCUT2D eigenvalue weighted by Crippen LogP contribution is 2.08. The number of nitrogens with zero attached hydrogens (tertiary/aromatic N) is 1. The predicted molar refractivity (Wildman–Crippen MR) is 92.7 cm³/mol. The Bertz CT molecular complexity index is 545. The van der Waals surface area contributed by atoms with Crippen molar-refractivity contribution in [2.24, 2.45) is 0 Å². The van der Waals surface area contributed by atoms with Crippen molar-refractivity contribution in [2.45, 2.75) is 39.2 Å². The zero-order chi connectivity index (χ0) is 19.5. The van der Waals surface area contributed by atoms with Crippen LogP contribution in [-0.4, -0.2) is 73.2 Å². The maximum absolute atomic E-state index is 12.1. The van der Waals surface area contributed by atoms with Crippen molar-refractivity contribution < 1.29 is 24.0 Å². The lowest BCUT2D eigenvalue weighted by Gasteiger charge is -2.21. The van der Waals surface area contributed by atoms with Gasteiger partial charge in [0.05, 0.1) is 19.6 Å². The number of hydrogen-bond donors (Lipinski definition) is 4. The van der Waals surface area contributed by atoms with Gasteiger partial charge in [0, 0.05) is 19.5 Å². The van der Waals surface area contributed by atoms with Gasteiger partial charge in [-0.15, -0.1) is 0 Å². The molecule has 1 aliphatic heterocycles. The van der Waals surface area contributed by atoms with Crippen LogP contribution in [-0.2, 0) is 24.0 Å². The lowest BCUT2D eigenvalue weighted by molar-refractivity contribution is -0.135. The van der Waals surface area contributed by atoms with E-state index in [1.165, 1.54) is 0 Å². The van der Waals surface area contributed by atoms with Crippen molar-refractivity contribution >= 4 is 29.5 Å². The van der Waals surface area contributed by atoms with Crippen molar-refractivity contribution in [1.29, 1.82) is 0 Å². The van der Waals surface area contributed by atoms with Crippen LogP contribution >= 0.6 is 0 Å². The Morgan fingerprint density at radius 1 is 0.808 bits per heavy atom. The van der Waals surface area contributed by atoms with Gasteiger partial charge in [0.25, 0.3) is 0 Å². The van der Waals surface area contributed by atoms with E-state index < -0.39 is 23.8 Å². The first-order valence-corrected chi connectivity index (χ1v) is 8.71. The van der Waals surface area contributed by atoms with Crippen LogP contribution in [0.2, 0.25) is 0 Å². The Balaban J connectivity index is 2.18. The molecule has 10 heteroatoms. The molecule has 1 aliphatic rings. The van der Waals surface area contributed by atoms with Crippen molar-refractivity contribution in [2.75, 3.05) is 32.7 Å². The number of rotatable bonds is 9. The fraction of sp³-hybridized carbons (Fsp3) is 0.688. The summed E-state index contributed by atoms with van der Waals surface area (Å²) in [4.78, 5) is 59.6. The first kappa shape index (κ1) is 21.4. The quantitative estimate of drug-likeness (QED) is 0.368. The zero-order valence-corrected chi connectivity index (χ0v) is 15.2. The second kappa shape index (κ2) is 11.1. The van der Waals surface area contributed by atoms with E-state index in [4.69, 9.17) is 0 Å². The Hall–Kier alpha value is -2.65. The van der Waals surface area contributed by atoms with Gasteiger partial charge in [0.15, 0.2) is 0 Å². The lowest BCUT2D eigenvalue weighted by atomic mass is 10.3. The molecule has 1 rings (SSSR count). The van der Waals surface area contributed by atoms with Gasteiger partial charge >= 0.3 is 0 Å². The highest BCUT2D eigenvalue weighted by atomic mass is 16.2.